The van der Waals surface area contributed by atoms with Crippen molar-refractivity contribution >= 4 is 16.8 Å². The number of pyridine rings is 1. The second-order valence-electron chi connectivity index (χ2n) is 6.94. The first kappa shape index (κ1) is 17.5. The van der Waals surface area contributed by atoms with E-state index in [0.29, 0.717) is 30.9 Å². The minimum absolute atomic E-state index is 0.104. The van der Waals surface area contributed by atoms with Crippen LogP contribution in [0.2, 0.25) is 0 Å². The molecule has 1 aliphatic rings. The van der Waals surface area contributed by atoms with Gasteiger partial charge in [-0.3, -0.25) is 9.59 Å². The van der Waals surface area contributed by atoms with Gasteiger partial charge in [0.25, 0.3) is 11.5 Å². The zero-order valence-corrected chi connectivity index (χ0v) is 15.2. The molecule has 1 atom stereocenters. The number of H-pyrrole nitrogens is 1. The molecule has 4 rings (SSSR count). The molecule has 27 heavy (non-hydrogen) atoms. The number of rotatable bonds is 5. The van der Waals surface area contributed by atoms with Crippen LogP contribution in [0, 0.1) is 6.92 Å². The number of fused-ring (bicyclic) bond motifs is 1. The van der Waals surface area contributed by atoms with Gasteiger partial charge in [-0.25, -0.2) is 0 Å². The maximum absolute atomic E-state index is 13.0. The SMILES string of the molecule is Cc1cccc2cc(CN(Cc3ccco3)C(=O)[C@@H]3CCCO3)c(=O)[nH]c12. The summed E-state index contributed by atoms with van der Waals surface area (Å²) in [7, 11) is 0. The van der Waals surface area contributed by atoms with Crippen LogP contribution in [0.3, 0.4) is 0 Å². The molecule has 2 aromatic heterocycles. The van der Waals surface area contributed by atoms with Crippen molar-refractivity contribution in [2.75, 3.05) is 6.61 Å². The van der Waals surface area contributed by atoms with Crippen molar-refractivity contribution < 1.29 is 13.9 Å². The summed E-state index contributed by atoms with van der Waals surface area (Å²) in [6.07, 6.45) is 2.72. The van der Waals surface area contributed by atoms with Crippen LogP contribution in [0.25, 0.3) is 10.9 Å². The Kier molecular flexibility index (Phi) is 4.81. The molecule has 0 radical (unpaired) electrons. The Morgan fingerprint density at radius 2 is 2.15 bits per heavy atom. The molecular formula is C21H22N2O4. The number of nitrogens with one attached hydrogen (secondary N) is 1. The predicted molar refractivity (Wildman–Crippen MR) is 101 cm³/mol. The van der Waals surface area contributed by atoms with E-state index in [1.54, 1.807) is 17.2 Å². The maximum Gasteiger partial charge on any atom is 0.253 e. The Morgan fingerprint density at radius 1 is 1.26 bits per heavy atom. The molecule has 0 unspecified atom stereocenters. The molecule has 0 bridgehead atoms. The Hall–Kier alpha value is -2.86. The summed E-state index contributed by atoms with van der Waals surface area (Å²) in [6, 6.07) is 11.3. The molecule has 1 aromatic carbocycles. The van der Waals surface area contributed by atoms with Gasteiger partial charge in [-0.1, -0.05) is 18.2 Å². The van der Waals surface area contributed by atoms with Gasteiger partial charge in [-0.2, -0.15) is 0 Å². The van der Waals surface area contributed by atoms with Gasteiger partial charge < -0.3 is 19.0 Å². The van der Waals surface area contributed by atoms with E-state index in [-0.39, 0.29) is 18.0 Å². The van der Waals surface area contributed by atoms with Crippen molar-refractivity contribution in [3.63, 3.8) is 0 Å². The molecule has 1 saturated heterocycles. The molecule has 1 aliphatic heterocycles. The third-order valence-corrected chi connectivity index (χ3v) is 4.97. The second-order valence-corrected chi connectivity index (χ2v) is 6.94. The average molecular weight is 366 g/mol. The van der Waals surface area contributed by atoms with Crippen molar-refractivity contribution in [2.45, 2.75) is 39.0 Å². The van der Waals surface area contributed by atoms with E-state index in [2.05, 4.69) is 4.98 Å². The number of aryl methyl sites for hydroxylation is 1. The van der Waals surface area contributed by atoms with Gasteiger partial charge in [-0.05, 0) is 48.9 Å². The monoisotopic (exact) mass is 366 g/mol. The molecule has 6 nitrogen and oxygen atoms in total. The maximum atomic E-state index is 13.0. The molecule has 3 aromatic rings. The first-order chi connectivity index (χ1) is 13.1. The van der Waals surface area contributed by atoms with Gasteiger partial charge in [-0.15, -0.1) is 0 Å². The molecule has 1 N–H and O–H groups in total. The predicted octanol–water partition coefficient (Wildman–Crippen LogP) is 3.14. The third-order valence-electron chi connectivity index (χ3n) is 4.97. The van der Waals surface area contributed by atoms with E-state index in [1.165, 1.54) is 0 Å². The van der Waals surface area contributed by atoms with Crippen molar-refractivity contribution in [3.05, 3.63) is 69.9 Å². The summed E-state index contributed by atoms with van der Waals surface area (Å²) >= 11 is 0. The Morgan fingerprint density at radius 3 is 2.89 bits per heavy atom. The number of hydrogen-bond acceptors (Lipinski definition) is 4. The summed E-state index contributed by atoms with van der Waals surface area (Å²) in [4.78, 5) is 30.2. The van der Waals surface area contributed by atoms with Crippen LogP contribution < -0.4 is 5.56 Å². The number of carbonyl (C=O) groups is 1. The minimum Gasteiger partial charge on any atom is -0.467 e. The summed E-state index contributed by atoms with van der Waals surface area (Å²) in [5.74, 6) is 0.571. The number of nitrogens with zero attached hydrogens (tertiary/aromatic N) is 1. The van der Waals surface area contributed by atoms with Gasteiger partial charge >= 0.3 is 0 Å². The zero-order valence-electron chi connectivity index (χ0n) is 15.2. The first-order valence-corrected chi connectivity index (χ1v) is 9.16. The molecule has 0 spiro atoms. The fourth-order valence-corrected chi connectivity index (χ4v) is 3.53. The quantitative estimate of drug-likeness (QED) is 0.753. The number of hydrogen-bond donors (Lipinski definition) is 1. The normalized spacial score (nSPS) is 16.7. The summed E-state index contributed by atoms with van der Waals surface area (Å²) in [5, 5.41) is 0.951. The van der Waals surface area contributed by atoms with Gasteiger partial charge in [0.05, 0.1) is 24.9 Å². The van der Waals surface area contributed by atoms with E-state index in [9.17, 15) is 9.59 Å². The second kappa shape index (κ2) is 7.40. The van der Waals surface area contributed by atoms with Crippen LogP contribution in [0.15, 0.2) is 51.9 Å². The van der Waals surface area contributed by atoms with E-state index < -0.39 is 6.10 Å². The number of aromatic nitrogens is 1. The number of aromatic amines is 1. The Labute approximate surface area is 156 Å². The van der Waals surface area contributed by atoms with E-state index in [1.807, 2.05) is 37.3 Å². The number of benzene rings is 1. The molecule has 6 heteroatoms. The number of ether oxygens (including phenoxy) is 1. The lowest BCUT2D eigenvalue weighted by Gasteiger charge is -2.24. The van der Waals surface area contributed by atoms with Crippen LogP contribution in [-0.2, 0) is 22.6 Å². The van der Waals surface area contributed by atoms with Crippen molar-refractivity contribution in [1.82, 2.24) is 9.88 Å². The summed E-state index contributed by atoms with van der Waals surface area (Å²) in [5.41, 5.74) is 2.21. The van der Waals surface area contributed by atoms with Crippen LogP contribution in [0.1, 0.15) is 29.7 Å². The third kappa shape index (κ3) is 3.66. The standard InChI is InChI=1S/C21H22N2O4/c1-14-5-2-6-15-11-16(20(24)22-19(14)15)12-23(13-17-7-3-9-26-17)21(25)18-8-4-10-27-18/h2-3,5-7,9,11,18H,4,8,10,12-13H2,1H3,(H,22,24)/t18-/m0/s1. The van der Waals surface area contributed by atoms with Gasteiger partial charge in [0.15, 0.2) is 0 Å². The minimum atomic E-state index is -0.443. The lowest BCUT2D eigenvalue weighted by atomic mass is 10.1. The van der Waals surface area contributed by atoms with Crippen molar-refractivity contribution in [2.24, 2.45) is 0 Å². The van der Waals surface area contributed by atoms with Gasteiger partial charge in [0.2, 0.25) is 0 Å². The Balaban J connectivity index is 1.66. The molecule has 3 heterocycles. The van der Waals surface area contributed by atoms with E-state index >= 15 is 0 Å². The summed E-state index contributed by atoms with van der Waals surface area (Å²) in [6.45, 7) is 3.07. The highest BCUT2D eigenvalue weighted by Crippen LogP contribution is 2.20. The van der Waals surface area contributed by atoms with E-state index in [4.69, 9.17) is 9.15 Å². The van der Waals surface area contributed by atoms with Crippen molar-refractivity contribution in [3.8, 4) is 0 Å². The molecule has 1 amide bonds. The van der Waals surface area contributed by atoms with Crippen molar-refractivity contribution in [1.29, 1.82) is 0 Å². The zero-order chi connectivity index (χ0) is 18.8. The first-order valence-electron chi connectivity index (χ1n) is 9.16. The Bertz CT molecular complexity index is 1000. The largest absolute Gasteiger partial charge is 0.467 e. The highest BCUT2D eigenvalue weighted by atomic mass is 16.5. The van der Waals surface area contributed by atoms with Crippen LogP contribution in [0.4, 0.5) is 0 Å². The van der Waals surface area contributed by atoms with E-state index in [0.717, 1.165) is 22.9 Å². The molecular weight excluding hydrogens is 344 g/mol. The highest BCUT2D eigenvalue weighted by molar-refractivity contribution is 5.83. The average Bonchev–Trinajstić information content (AvgIpc) is 3.36. The van der Waals surface area contributed by atoms with Crippen LogP contribution in [-0.4, -0.2) is 28.5 Å². The highest BCUT2D eigenvalue weighted by Gasteiger charge is 2.29. The fourth-order valence-electron chi connectivity index (χ4n) is 3.53. The smallest absolute Gasteiger partial charge is 0.253 e. The topological polar surface area (TPSA) is 75.5 Å². The number of furan rings is 1. The van der Waals surface area contributed by atoms with Crippen LogP contribution >= 0.6 is 0 Å². The van der Waals surface area contributed by atoms with Gasteiger partial charge in [0, 0.05) is 12.2 Å². The number of amides is 1. The van der Waals surface area contributed by atoms with Crippen LogP contribution in [0.5, 0.6) is 0 Å². The molecule has 1 fully saturated rings. The molecule has 0 saturated carbocycles. The summed E-state index contributed by atoms with van der Waals surface area (Å²) < 4.78 is 11.0. The lowest BCUT2D eigenvalue weighted by molar-refractivity contribution is -0.142. The van der Waals surface area contributed by atoms with Gasteiger partial charge in [0.1, 0.15) is 11.9 Å². The number of para-hydroxylation sites is 1. The molecule has 0 aliphatic carbocycles. The number of carbonyl (C=O) groups excluding carboxylic acids is 1. The fraction of sp³-hybridized carbons (Fsp3) is 0.333. The molecule has 140 valence electrons. The lowest BCUT2D eigenvalue weighted by Crippen LogP contribution is -2.39.